The van der Waals surface area contributed by atoms with Crippen LogP contribution in [0.3, 0.4) is 0 Å². The average Bonchev–Trinajstić information content (AvgIpc) is 3.74. The number of phosphoric ester groups is 1. The van der Waals surface area contributed by atoms with E-state index in [9.17, 15) is 9.46 Å². The molecule has 1 heterocycles. The molecule has 2 unspecified atom stereocenters. The summed E-state index contributed by atoms with van der Waals surface area (Å²) in [5.41, 5.74) is 0.387. The predicted octanol–water partition coefficient (Wildman–Crippen LogP) is 16.4. The molecule has 3 rings (SSSR count). The maximum Gasteiger partial charge on any atom is 0.472 e. The minimum absolute atomic E-state index is 0.199. The molecule has 4 atom stereocenters. The zero-order chi connectivity index (χ0) is 41.5. The molecular formula is C51H91O6P. The van der Waals surface area contributed by atoms with Crippen LogP contribution in [0, 0.1) is 11.3 Å². The third-order valence-electron chi connectivity index (χ3n) is 12.9. The van der Waals surface area contributed by atoms with E-state index in [4.69, 9.17) is 18.5 Å². The van der Waals surface area contributed by atoms with Crippen molar-refractivity contribution in [2.24, 2.45) is 11.3 Å². The van der Waals surface area contributed by atoms with Gasteiger partial charge in [0.05, 0.1) is 25.4 Å². The first-order chi connectivity index (χ1) is 28.3. The van der Waals surface area contributed by atoms with Gasteiger partial charge in [0.2, 0.25) is 0 Å². The minimum Gasteiger partial charge on any atom is -0.344 e. The fourth-order valence-electron chi connectivity index (χ4n) is 9.63. The van der Waals surface area contributed by atoms with Gasteiger partial charge in [-0.3, -0.25) is 9.05 Å². The predicted molar refractivity (Wildman–Crippen MR) is 246 cm³/mol. The Morgan fingerprint density at radius 1 is 0.534 bits per heavy atom. The Morgan fingerprint density at radius 2 is 0.948 bits per heavy atom. The van der Waals surface area contributed by atoms with Crippen LogP contribution in [0.5, 0.6) is 0 Å². The Bertz CT molecular complexity index is 1110. The summed E-state index contributed by atoms with van der Waals surface area (Å²) in [7, 11) is -3.92. The van der Waals surface area contributed by atoms with E-state index in [0.717, 1.165) is 51.4 Å². The van der Waals surface area contributed by atoms with Gasteiger partial charge in [0.15, 0.2) is 5.79 Å². The van der Waals surface area contributed by atoms with Crippen molar-refractivity contribution >= 4 is 7.82 Å². The molecule has 0 aromatic heterocycles. The van der Waals surface area contributed by atoms with E-state index in [2.05, 4.69) is 62.5 Å². The van der Waals surface area contributed by atoms with Crippen LogP contribution < -0.4 is 0 Å². The average molecular weight is 831 g/mol. The maximum atomic E-state index is 12.0. The molecule has 2 saturated carbocycles. The molecular weight excluding hydrogens is 740 g/mol. The molecule has 1 saturated heterocycles. The number of phosphoric acid groups is 1. The monoisotopic (exact) mass is 831 g/mol. The van der Waals surface area contributed by atoms with E-state index in [0.29, 0.717) is 17.8 Å². The molecule has 0 aromatic carbocycles. The molecule has 1 aliphatic heterocycles. The number of unbranched alkanes of at least 4 members (excludes halogenated alkanes) is 18. The molecule has 0 radical (unpaired) electrons. The molecule has 6 nitrogen and oxygen atoms in total. The zero-order valence-electron chi connectivity index (χ0n) is 38.0. The summed E-state index contributed by atoms with van der Waals surface area (Å²) in [6, 6.07) is 0. The quantitative estimate of drug-likeness (QED) is 0.0379. The second kappa shape index (κ2) is 31.8. The zero-order valence-corrected chi connectivity index (χ0v) is 38.9. The lowest BCUT2D eigenvalue weighted by Gasteiger charge is -2.54. The Balaban J connectivity index is 1.31. The van der Waals surface area contributed by atoms with E-state index in [1.54, 1.807) is 0 Å². The lowest BCUT2D eigenvalue weighted by atomic mass is 9.59. The number of ether oxygens (including phenoxy) is 2. The van der Waals surface area contributed by atoms with E-state index in [1.807, 2.05) is 6.92 Å². The van der Waals surface area contributed by atoms with Crippen molar-refractivity contribution in [3.8, 4) is 0 Å². The lowest BCUT2D eigenvalue weighted by molar-refractivity contribution is -0.281. The number of allylic oxidation sites excluding steroid dienone is 8. The third-order valence-corrected chi connectivity index (χ3v) is 13.9. The molecule has 2 aliphatic carbocycles. The summed E-state index contributed by atoms with van der Waals surface area (Å²) in [5.74, 6) is 0.173. The van der Waals surface area contributed by atoms with Crippen LogP contribution in [0.2, 0.25) is 0 Å². The van der Waals surface area contributed by atoms with Gasteiger partial charge in [-0.2, -0.15) is 0 Å². The molecule has 7 heteroatoms. The van der Waals surface area contributed by atoms with Gasteiger partial charge in [0, 0.05) is 12.8 Å². The Morgan fingerprint density at radius 3 is 1.40 bits per heavy atom. The molecule has 0 amide bonds. The molecule has 0 bridgehead atoms. The van der Waals surface area contributed by atoms with Crippen LogP contribution in [0.1, 0.15) is 233 Å². The standard InChI is InChI=1S/C51H91O6P/c1-4-7-9-11-13-15-17-19-21-23-25-27-29-31-33-35-39-50(40-36-34-32-30-28-26-24-22-20-18-16-14-12-10-8-5-2)45-51(46-50)56-48-43-47(44-49(48)57-51)38-37-42-55-58(52,53)54-41-6-3/h13-16,19-22,47-49H,4-12,17-18,23-46H2,1-3H3,(H,52,53)/b15-13-,16-14-,21-19-,22-20-/t47?,48-,49+. The number of fused-ring (bicyclic) bond motifs is 1. The van der Waals surface area contributed by atoms with Gasteiger partial charge < -0.3 is 14.4 Å². The van der Waals surface area contributed by atoms with Gasteiger partial charge in [0.25, 0.3) is 0 Å². The van der Waals surface area contributed by atoms with Crippen molar-refractivity contribution in [1.82, 2.24) is 0 Å². The summed E-state index contributed by atoms with van der Waals surface area (Å²) >= 11 is 0. The second-order valence-corrected chi connectivity index (χ2v) is 19.8. The first-order valence-corrected chi connectivity index (χ1v) is 26.4. The van der Waals surface area contributed by atoms with Crippen molar-refractivity contribution in [3.63, 3.8) is 0 Å². The highest BCUT2D eigenvalue weighted by atomic mass is 31.2. The summed E-state index contributed by atoms with van der Waals surface area (Å²) in [4.78, 5) is 9.81. The highest BCUT2D eigenvalue weighted by Crippen LogP contribution is 2.61. The van der Waals surface area contributed by atoms with Crippen LogP contribution in [0.4, 0.5) is 0 Å². The maximum absolute atomic E-state index is 12.0. The molecule has 1 spiro atoms. The van der Waals surface area contributed by atoms with Gasteiger partial charge in [0.1, 0.15) is 0 Å². The van der Waals surface area contributed by atoms with Crippen molar-refractivity contribution in [3.05, 3.63) is 48.6 Å². The minimum atomic E-state index is -3.92. The molecule has 3 fully saturated rings. The third kappa shape index (κ3) is 22.7. The normalized spacial score (nSPS) is 22.3. The molecule has 3 aliphatic rings. The Hall–Kier alpha value is -1.01. The molecule has 0 aromatic rings. The fourth-order valence-corrected chi connectivity index (χ4v) is 10.5. The van der Waals surface area contributed by atoms with Crippen LogP contribution in [0.15, 0.2) is 48.6 Å². The summed E-state index contributed by atoms with van der Waals surface area (Å²) in [6.07, 6.45) is 59.7. The second-order valence-electron chi connectivity index (χ2n) is 18.4. The largest absolute Gasteiger partial charge is 0.472 e. The van der Waals surface area contributed by atoms with Gasteiger partial charge in [-0.05, 0) is 120 Å². The summed E-state index contributed by atoms with van der Waals surface area (Å²) in [6.45, 7) is 6.93. The fraction of sp³-hybridized carbons (Fsp3) is 0.843. The van der Waals surface area contributed by atoms with Gasteiger partial charge in [-0.1, -0.05) is 159 Å². The Labute approximate surface area is 358 Å². The highest BCUT2D eigenvalue weighted by molar-refractivity contribution is 7.47. The summed E-state index contributed by atoms with van der Waals surface area (Å²) in [5, 5.41) is 0. The molecule has 1 N–H and O–H groups in total. The summed E-state index contributed by atoms with van der Waals surface area (Å²) < 4.78 is 35.7. The highest BCUT2D eigenvalue weighted by Gasteiger charge is 2.62. The van der Waals surface area contributed by atoms with Crippen molar-refractivity contribution < 1.29 is 28.0 Å². The molecule has 58 heavy (non-hydrogen) atoms. The molecule has 336 valence electrons. The van der Waals surface area contributed by atoms with E-state index in [1.165, 1.54) is 154 Å². The first kappa shape index (κ1) is 51.3. The van der Waals surface area contributed by atoms with Crippen molar-refractivity contribution in [1.29, 1.82) is 0 Å². The Kier molecular flexibility index (Phi) is 28.1. The SMILES string of the molecule is CCCCC/C=C\C/C=C\CCCCCCCCC1(CCCCCCCC/C=C\C/C=C\CCCCC)CC2(C1)O[C@H]1CC(CCCOP(=O)(O)OCCC)C[C@H]1O2. The van der Waals surface area contributed by atoms with Crippen molar-refractivity contribution in [2.45, 2.75) is 251 Å². The van der Waals surface area contributed by atoms with Crippen LogP contribution >= 0.6 is 7.82 Å². The lowest BCUT2D eigenvalue weighted by Crippen LogP contribution is -2.53. The first-order valence-electron chi connectivity index (χ1n) is 24.9. The van der Waals surface area contributed by atoms with Crippen molar-refractivity contribution in [2.75, 3.05) is 13.2 Å². The van der Waals surface area contributed by atoms with Gasteiger partial charge in [-0.15, -0.1) is 0 Å². The smallest absolute Gasteiger partial charge is 0.344 e. The number of rotatable bonds is 38. The van der Waals surface area contributed by atoms with Gasteiger partial charge in [-0.25, -0.2) is 4.57 Å². The van der Waals surface area contributed by atoms with E-state index in [-0.39, 0.29) is 31.2 Å². The van der Waals surface area contributed by atoms with Crippen LogP contribution in [-0.4, -0.2) is 36.1 Å². The topological polar surface area (TPSA) is 74.2 Å². The van der Waals surface area contributed by atoms with Gasteiger partial charge >= 0.3 is 7.82 Å². The number of hydrogen-bond acceptors (Lipinski definition) is 5. The van der Waals surface area contributed by atoms with E-state index < -0.39 is 7.82 Å². The van der Waals surface area contributed by atoms with E-state index >= 15 is 0 Å². The number of hydrogen-bond donors (Lipinski definition) is 1. The van der Waals surface area contributed by atoms with Crippen LogP contribution in [-0.2, 0) is 23.1 Å². The van der Waals surface area contributed by atoms with Crippen LogP contribution in [0.25, 0.3) is 0 Å².